The van der Waals surface area contributed by atoms with Crippen LogP contribution in [0.15, 0.2) is 78.9 Å². The zero-order chi connectivity index (χ0) is 21.8. The summed E-state index contributed by atoms with van der Waals surface area (Å²) < 4.78 is 0. The highest BCUT2D eigenvalue weighted by Gasteiger charge is 2.01. The maximum atomic E-state index is 4.63. The van der Waals surface area contributed by atoms with Gasteiger partial charge in [-0.25, -0.2) is 9.97 Å². The molecule has 0 saturated heterocycles. The lowest BCUT2D eigenvalue weighted by Crippen LogP contribution is -1.84. The Morgan fingerprint density at radius 1 is 0.531 bits per heavy atom. The van der Waals surface area contributed by atoms with Gasteiger partial charge >= 0.3 is 0 Å². The van der Waals surface area contributed by atoms with Gasteiger partial charge in [-0.05, 0) is 85.0 Å². The number of anilines is 1. The molecule has 0 aliphatic carbocycles. The number of fused-ring (bicyclic) bond motifs is 8. The highest BCUT2D eigenvalue weighted by atomic mass is 14.8. The molecule has 2 aliphatic heterocycles. The largest absolute Gasteiger partial charge is 0.388 e. The lowest BCUT2D eigenvalue weighted by molar-refractivity contribution is 1.31. The number of rotatable bonds is 1. The average Bonchev–Trinajstić information content (AvgIpc) is 3.61. The summed E-state index contributed by atoms with van der Waals surface area (Å²) in [5, 5.41) is 3.03. The molecule has 5 heterocycles. The first-order valence-electron chi connectivity index (χ1n) is 10.5. The molecule has 0 fully saturated rings. The smallest absolute Gasteiger partial charge is 0.0658 e. The molecule has 0 spiro atoms. The SMILES string of the molecule is C1=Cc2cc3ccc(cc4nc(cc5ccc(cc1n2)[nH]5)C=C4)[nH]3.CNc1ccccc1. The molecular formula is C27H23N5. The summed E-state index contributed by atoms with van der Waals surface area (Å²) in [5.41, 5.74) is 9.02. The van der Waals surface area contributed by atoms with Gasteiger partial charge < -0.3 is 15.3 Å². The van der Waals surface area contributed by atoms with Crippen LogP contribution in [0.1, 0.15) is 22.8 Å². The molecule has 0 unspecified atom stereocenters. The lowest BCUT2D eigenvalue weighted by Gasteiger charge is -1.94. The summed E-state index contributed by atoms with van der Waals surface area (Å²) in [6.07, 6.45) is 8.09. The predicted octanol–water partition coefficient (Wildman–Crippen LogP) is 6.38. The molecule has 0 radical (unpaired) electrons. The molecule has 5 heteroatoms. The van der Waals surface area contributed by atoms with E-state index in [9.17, 15) is 0 Å². The monoisotopic (exact) mass is 417 g/mol. The maximum absolute atomic E-state index is 4.63. The summed E-state index contributed by atoms with van der Waals surface area (Å²) in [6, 6.07) is 26.4. The van der Waals surface area contributed by atoms with Crippen molar-refractivity contribution in [3.8, 4) is 0 Å². The molecule has 3 aromatic heterocycles. The van der Waals surface area contributed by atoms with Gasteiger partial charge in [-0.15, -0.1) is 0 Å². The maximum Gasteiger partial charge on any atom is 0.0658 e. The Bertz CT molecular complexity index is 1280. The molecule has 2 aliphatic rings. The van der Waals surface area contributed by atoms with Crippen molar-refractivity contribution in [3.05, 3.63) is 102 Å². The highest BCUT2D eigenvalue weighted by molar-refractivity contribution is 5.77. The van der Waals surface area contributed by atoms with Crippen molar-refractivity contribution in [2.24, 2.45) is 0 Å². The van der Waals surface area contributed by atoms with E-state index in [2.05, 4.69) is 49.5 Å². The highest BCUT2D eigenvalue weighted by Crippen LogP contribution is 2.17. The van der Waals surface area contributed by atoms with Gasteiger partial charge in [0, 0.05) is 34.8 Å². The van der Waals surface area contributed by atoms with Crippen LogP contribution in [0.3, 0.4) is 0 Å². The van der Waals surface area contributed by atoms with Crippen molar-refractivity contribution in [1.82, 2.24) is 19.9 Å². The van der Waals surface area contributed by atoms with E-state index in [4.69, 9.17) is 0 Å². The minimum Gasteiger partial charge on any atom is -0.388 e. The number of benzene rings is 1. The second-order valence-corrected chi connectivity index (χ2v) is 7.52. The van der Waals surface area contributed by atoms with Crippen LogP contribution in [0.5, 0.6) is 0 Å². The zero-order valence-electron chi connectivity index (χ0n) is 17.7. The second-order valence-electron chi connectivity index (χ2n) is 7.52. The number of H-pyrrole nitrogens is 2. The standard InChI is InChI=1S/C20H14N4.C7H9N/c1-2-14-10-16-5-6-18(23-16)12-20-8-7-19(24-20)11-17-4-3-15(22-17)9-13(1)21-14;1-8-7-5-3-2-4-6-7/h1-12,21,24H;2-6,8H,1H3. The number of hydrogen-bond acceptors (Lipinski definition) is 3. The molecule has 156 valence electrons. The van der Waals surface area contributed by atoms with E-state index in [1.54, 1.807) is 0 Å². The first kappa shape index (κ1) is 19.6. The minimum absolute atomic E-state index is 0.939. The minimum atomic E-state index is 0.939. The number of nitrogens with zero attached hydrogens (tertiary/aromatic N) is 2. The summed E-state index contributed by atoms with van der Waals surface area (Å²) >= 11 is 0. The number of hydrogen-bond donors (Lipinski definition) is 3. The fourth-order valence-electron chi connectivity index (χ4n) is 3.55. The summed E-state index contributed by atoms with van der Waals surface area (Å²) in [4.78, 5) is 16.0. The number of para-hydroxylation sites is 1. The van der Waals surface area contributed by atoms with Crippen LogP contribution >= 0.6 is 0 Å². The Labute approximate surface area is 186 Å². The number of aromatic nitrogens is 4. The second kappa shape index (κ2) is 8.78. The summed E-state index contributed by atoms with van der Waals surface area (Å²) in [7, 11) is 1.91. The van der Waals surface area contributed by atoms with Gasteiger partial charge in [0.05, 0.1) is 22.8 Å². The van der Waals surface area contributed by atoms with E-state index < -0.39 is 0 Å². The van der Waals surface area contributed by atoms with Crippen LogP contribution in [-0.4, -0.2) is 27.0 Å². The normalized spacial score (nSPS) is 11.7. The first-order valence-corrected chi connectivity index (χ1v) is 10.5. The van der Waals surface area contributed by atoms with Gasteiger partial charge in [0.25, 0.3) is 0 Å². The van der Waals surface area contributed by atoms with Gasteiger partial charge in [-0.1, -0.05) is 18.2 Å². The Morgan fingerprint density at radius 2 is 0.906 bits per heavy atom. The third kappa shape index (κ3) is 4.68. The van der Waals surface area contributed by atoms with Gasteiger partial charge in [0.15, 0.2) is 0 Å². The van der Waals surface area contributed by atoms with Crippen molar-refractivity contribution in [3.63, 3.8) is 0 Å². The quantitative estimate of drug-likeness (QED) is 0.291. The van der Waals surface area contributed by atoms with Crippen molar-refractivity contribution < 1.29 is 0 Å². The Morgan fingerprint density at radius 3 is 1.22 bits per heavy atom. The van der Waals surface area contributed by atoms with Crippen LogP contribution in [-0.2, 0) is 0 Å². The Balaban J connectivity index is 0.000000230. The van der Waals surface area contributed by atoms with E-state index in [-0.39, 0.29) is 0 Å². The average molecular weight is 418 g/mol. The van der Waals surface area contributed by atoms with Crippen LogP contribution in [0.4, 0.5) is 5.69 Å². The number of nitrogens with one attached hydrogen (secondary N) is 3. The van der Waals surface area contributed by atoms with Gasteiger partial charge in [-0.2, -0.15) is 0 Å². The summed E-state index contributed by atoms with van der Waals surface area (Å²) in [5.74, 6) is 0. The molecular weight excluding hydrogens is 394 g/mol. The fraction of sp³-hybridized carbons (Fsp3) is 0.0370. The zero-order valence-corrected chi connectivity index (χ0v) is 17.7. The lowest BCUT2D eigenvalue weighted by atomic mass is 10.3. The van der Waals surface area contributed by atoms with Crippen LogP contribution in [0, 0.1) is 0 Å². The summed E-state index contributed by atoms with van der Waals surface area (Å²) in [6.45, 7) is 0. The molecule has 0 atom stereocenters. The first-order chi connectivity index (χ1) is 15.7. The van der Waals surface area contributed by atoms with Crippen LogP contribution in [0.2, 0.25) is 0 Å². The molecule has 5 nitrogen and oxygen atoms in total. The molecule has 4 aromatic rings. The van der Waals surface area contributed by atoms with Gasteiger partial charge in [0.1, 0.15) is 0 Å². The van der Waals surface area contributed by atoms with Crippen LogP contribution < -0.4 is 5.32 Å². The Kier molecular flexibility index (Phi) is 5.37. The third-order valence-electron chi connectivity index (χ3n) is 5.10. The van der Waals surface area contributed by atoms with Crippen molar-refractivity contribution in [2.75, 3.05) is 12.4 Å². The topological polar surface area (TPSA) is 69.4 Å². The molecule has 1 aromatic carbocycles. The Hall–Kier alpha value is -4.38. The molecule has 32 heavy (non-hydrogen) atoms. The van der Waals surface area contributed by atoms with E-state index >= 15 is 0 Å². The fourth-order valence-corrected chi connectivity index (χ4v) is 3.55. The third-order valence-corrected chi connectivity index (χ3v) is 5.10. The molecule has 0 saturated carbocycles. The van der Waals surface area contributed by atoms with Crippen molar-refractivity contribution in [2.45, 2.75) is 0 Å². The predicted molar refractivity (Wildman–Crippen MR) is 135 cm³/mol. The van der Waals surface area contributed by atoms with Crippen LogP contribution in [0.25, 0.3) is 46.4 Å². The van der Waals surface area contributed by atoms with E-state index in [0.717, 1.165) is 50.5 Å². The molecule has 0 amide bonds. The van der Waals surface area contributed by atoms with Gasteiger partial charge in [0.2, 0.25) is 0 Å². The van der Waals surface area contributed by atoms with Gasteiger partial charge in [-0.3, -0.25) is 0 Å². The van der Waals surface area contributed by atoms with Crippen molar-refractivity contribution in [1.29, 1.82) is 0 Å². The van der Waals surface area contributed by atoms with E-state index in [1.807, 2.05) is 85.9 Å². The van der Waals surface area contributed by atoms with Crippen molar-refractivity contribution >= 4 is 52.1 Å². The molecule has 3 N–H and O–H groups in total. The molecule has 6 rings (SSSR count). The van der Waals surface area contributed by atoms with E-state index in [0.29, 0.717) is 0 Å². The number of aromatic amines is 2. The van der Waals surface area contributed by atoms with E-state index in [1.165, 1.54) is 0 Å². The molecule has 8 bridgehead atoms.